The van der Waals surface area contributed by atoms with Gasteiger partial charge in [0.1, 0.15) is 10.7 Å². The van der Waals surface area contributed by atoms with Crippen molar-refractivity contribution < 1.29 is 26.0 Å². The van der Waals surface area contributed by atoms with Crippen molar-refractivity contribution in [2.45, 2.75) is 30.6 Å². The fraction of sp³-hybridized carbons (Fsp3) is 0.182. The van der Waals surface area contributed by atoms with Gasteiger partial charge in [0, 0.05) is 12.6 Å². The minimum absolute atomic E-state index is 0.146. The zero-order chi connectivity index (χ0) is 21.9. The number of nitrogens with zero attached hydrogens (tertiary/aromatic N) is 1. The van der Waals surface area contributed by atoms with Crippen LogP contribution in [0.3, 0.4) is 0 Å². The third-order valence-corrected chi connectivity index (χ3v) is 6.68. The average Bonchev–Trinajstić information content (AvgIpc) is 2.72. The van der Waals surface area contributed by atoms with Crippen LogP contribution in [0, 0.1) is 5.82 Å². The standard InChI is InChI=1S/C22H19F4NO2S/c1-16(18-9-3-2-4-10-18)27(30(28,29)21-13-6-5-12-20(21)23)15-17-8-7-11-19(14-17)22(24,25)26/h2-14,16H,15H2,1H3/t16-/m1/s1. The molecule has 8 heteroatoms. The van der Waals surface area contributed by atoms with Gasteiger partial charge < -0.3 is 0 Å². The van der Waals surface area contributed by atoms with Crippen molar-refractivity contribution in [1.29, 1.82) is 0 Å². The van der Waals surface area contributed by atoms with Crippen molar-refractivity contribution in [3.05, 3.63) is 101 Å². The average molecular weight is 437 g/mol. The van der Waals surface area contributed by atoms with Crippen LogP contribution in [0.4, 0.5) is 17.6 Å². The zero-order valence-electron chi connectivity index (χ0n) is 16.0. The highest BCUT2D eigenvalue weighted by molar-refractivity contribution is 7.89. The molecule has 0 heterocycles. The van der Waals surface area contributed by atoms with Crippen LogP contribution in [0.5, 0.6) is 0 Å². The molecular weight excluding hydrogens is 418 g/mol. The van der Waals surface area contributed by atoms with Crippen molar-refractivity contribution >= 4 is 10.0 Å². The van der Waals surface area contributed by atoms with Crippen LogP contribution in [0.1, 0.15) is 29.7 Å². The van der Waals surface area contributed by atoms with E-state index >= 15 is 0 Å². The number of alkyl halides is 3. The molecule has 0 bridgehead atoms. The van der Waals surface area contributed by atoms with Gasteiger partial charge in [-0.25, -0.2) is 12.8 Å². The maximum atomic E-state index is 14.3. The molecule has 0 saturated heterocycles. The van der Waals surface area contributed by atoms with Crippen molar-refractivity contribution in [3.8, 4) is 0 Å². The molecule has 0 saturated carbocycles. The van der Waals surface area contributed by atoms with Gasteiger partial charge in [0.25, 0.3) is 0 Å². The molecule has 0 aliphatic rings. The van der Waals surface area contributed by atoms with Gasteiger partial charge in [-0.1, -0.05) is 60.7 Å². The summed E-state index contributed by atoms with van der Waals surface area (Å²) in [6.45, 7) is 1.26. The van der Waals surface area contributed by atoms with Gasteiger partial charge in [-0.2, -0.15) is 17.5 Å². The van der Waals surface area contributed by atoms with Crippen LogP contribution in [0.2, 0.25) is 0 Å². The lowest BCUT2D eigenvalue weighted by Crippen LogP contribution is -2.34. The summed E-state index contributed by atoms with van der Waals surface area (Å²) >= 11 is 0. The van der Waals surface area contributed by atoms with Gasteiger partial charge in [-0.15, -0.1) is 0 Å². The van der Waals surface area contributed by atoms with Gasteiger partial charge in [0.2, 0.25) is 10.0 Å². The van der Waals surface area contributed by atoms with Crippen LogP contribution in [-0.4, -0.2) is 12.7 Å². The van der Waals surface area contributed by atoms with E-state index < -0.39 is 38.5 Å². The highest BCUT2D eigenvalue weighted by Crippen LogP contribution is 2.33. The summed E-state index contributed by atoms with van der Waals surface area (Å²) in [5.41, 5.74) is -0.104. The minimum Gasteiger partial charge on any atom is -0.207 e. The first-order valence-corrected chi connectivity index (χ1v) is 10.5. The summed E-state index contributed by atoms with van der Waals surface area (Å²) in [4.78, 5) is -0.528. The van der Waals surface area contributed by atoms with Crippen LogP contribution < -0.4 is 0 Å². The van der Waals surface area contributed by atoms with E-state index in [-0.39, 0.29) is 12.1 Å². The second kappa shape index (κ2) is 8.57. The van der Waals surface area contributed by atoms with Crippen LogP contribution in [0.25, 0.3) is 0 Å². The number of hydrogen-bond acceptors (Lipinski definition) is 2. The van der Waals surface area contributed by atoms with E-state index in [2.05, 4.69) is 0 Å². The van der Waals surface area contributed by atoms with Gasteiger partial charge in [-0.05, 0) is 36.2 Å². The van der Waals surface area contributed by atoms with Crippen molar-refractivity contribution in [1.82, 2.24) is 4.31 Å². The monoisotopic (exact) mass is 437 g/mol. The lowest BCUT2D eigenvalue weighted by Gasteiger charge is -2.29. The largest absolute Gasteiger partial charge is 0.416 e. The van der Waals surface area contributed by atoms with E-state index in [1.54, 1.807) is 37.3 Å². The third kappa shape index (κ3) is 4.71. The molecule has 1 atom stereocenters. The van der Waals surface area contributed by atoms with Crippen molar-refractivity contribution in [3.63, 3.8) is 0 Å². The Morgan fingerprint density at radius 2 is 1.53 bits per heavy atom. The number of hydrogen-bond donors (Lipinski definition) is 0. The SMILES string of the molecule is C[C@H](c1ccccc1)N(Cc1cccc(C(F)(F)F)c1)S(=O)(=O)c1ccccc1F. The van der Waals surface area contributed by atoms with E-state index in [0.717, 1.165) is 28.6 Å². The van der Waals surface area contributed by atoms with Gasteiger partial charge in [-0.3, -0.25) is 0 Å². The number of rotatable bonds is 6. The van der Waals surface area contributed by atoms with Crippen LogP contribution >= 0.6 is 0 Å². The first-order valence-electron chi connectivity index (χ1n) is 9.08. The Morgan fingerprint density at radius 1 is 0.900 bits per heavy atom. The van der Waals surface area contributed by atoms with E-state index in [0.29, 0.717) is 5.56 Å². The highest BCUT2D eigenvalue weighted by atomic mass is 32.2. The second-order valence-electron chi connectivity index (χ2n) is 6.77. The molecule has 0 amide bonds. The Hall–Kier alpha value is -2.71. The molecule has 3 aromatic carbocycles. The van der Waals surface area contributed by atoms with E-state index in [1.165, 1.54) is 24.3 Å². The van der Waals surface area contributed by atoms with Crippen molar-refractivity contribution in [2.75, 3.05) is 0 Å². The molecule has 3 nitrogen and oxygen atoms in total. The smallest absolute Gasteiger partial charge is 0.207 e. The molecule has 0 aliphatic carbocycles. The Morgan fingerprint density at radius 3 is 2.17 bits per heavy atom. The maximum absolute atomic E-state index is 14.3. The summed E-state index contributed by atoms with van der Waals surface area (Å²) < 4.78 is 81.3. The Labute approximate surface area is 172 Å². The van der Waals surface area contributed by atoms with E-state index in [9.17, 15) is 26.0 Å². The molecule has 30 heavy (non-hydrogen) atoms. The Balaban J connectivity index is 2.08. The normalized spacial score (nSPS) is 13.4. The highest BCUT2D eigenvalue weighted by Gasteiger charge is 2.34. The molecule has 3 aromatic rings. The van der Waals surface area contributed by atoms with Crippen LogP contribution in [0.15, 0.2) is 83.8 Å². The zero-order valence-corrected chi connectivity index (χ0v) is 16.8. The van der Waals surface area contributed by atoms with E-state index in [1.807, 2.05) is 0 Å². The molecule has 0 N–H and O–H groups in total. The summed E-state index contributed by atoms with van der Waals surface area (Å²) in [6, 6.07) is 17.3. The number of sulfonamides is 1. The molecule has 0 radical (unpaired) electrons. The van der Waals surface area contributed by atoms with E-state index in [4.69, 9.17) is 0 Å². The molecule has 0 unspecified atom stereocenters. The molecule has 0 aromatic heterocycles. The summed E-state index contributed by atoms with van der Waals surface area (Å²) in [5, 5.41) is 0. The van der Waals surface area contributed by atoms with Gasteiger partial charge in [0.05, 0.1) is 5.56 Å². The van der Waals surface area contributed by atoms with Crippen molar-refractivity contribution in [2.24, 2.45) is 0 Å². The molecule has 0 aliphatic heterocycles. The summed E-state index contributed by atoms with van der Waals surface area (Å²) in [5.74, 6) is -0.924. The second-order valence-corrected chi connectivity index (χ2v) is 8.62. The lowest BCUT2D eigenvalue weighted by atomic mass is 10.1. The lowest BCUT2D eigenvalue weighted by molar-refractivity contribution is -0.137. The minimum atomic E-state index is -4.56. The molecule has 0 fully saturated rings. The first kappa shape index (κ1) is 22.0. The quantitative estimate of drug-likeness (QED) is 0.458. The summed E-state index contributed by atoms with van der Waals surface area (Å²) in [6.07, 6.45) is -4.56. The number of halogens is 4. The third-order valence-electron chi connectivity index (χ3n) is 4.73. The van der Waals surface area contributed by atoms with Gasteiger partial charge in [0.15, 0.2) is 0 Å². The fourth-order valence-corrected chi connectivity index (χ4v) is 4.81. The number of benzene rings is 3. The maximum Gasteiger partial charge on any atom is 0.416 e. The van der Waals surface area contributed by atoms with Gasteiger partial charge >= 0.3 is 6.18 Å². The summed E-state index contributed by atoms with van der Waals surface area (Å²) in [7, 11) is -4.35. The first-order chi connectivity index (χ1) is 14.1. The Bertz CT molecular complexity index is 1120. The molecule has 158 valence electrons. The predicted molar refractivity (Wildman–Crippen MR) is 105 cm³/mol. The fourth-order valence-electron chi connectivity index (χ4n) is 3.13. The molecule has 0 spiro atoms. The Kier molecular flexibility index (Phi) is 6.28. The molecular formula is C22H19F4NO2S. The topological polar surface area (TPSA) is 37.4 Å². The molecule has 3 rings (SSSR count). The predicted octanol–water partition coefficient (Wildman–Crippen LogP) is 5.80. The van der Waals surface area contributed by atoms with Crippen LogP contribution in [-0.2, 0) is 22.7 Å².